The highest BCUT2D eigenvalue weighted by molar-refractivity contribution is 5.94. The van der Waals surface area contributed by atoms with Crippen molar-refractivity contribution in [2.75, 3.05) is 11.9 Å². The maximum absolute atomic E-state index is 12.2. The molecule has 1 aromatic heterocycles. The molecule has 2 aromatic rings. The van der Waals surface area contributed by atoms with E-state index in [-0.39, 0.29) is 24.4 Å². The quantitative estimate of drug-likeness (QED) is 0.900. The molecule has 1 fully saturated rings. The predicted molar refractivity (Wildman–Crippen MR) is 84.8 cm³/mol. The highest BCUT2D eigenvalue weighted by Gasteiger charge is 2.29. The first-order valence-corrected chi connectivity index (χ1v) is 6.91. The Morgan fingerprint density at radius 1 is 1.41 bits per heavy atom. The van der Waals surface area contributed by atoms with Crippen LogP contribution >= 0.6 is 12.4 Å². The van der Waals surface area contributed by atoms with Crippen LogP contribution in [0, 0.1) is 0 Å². The molecule has 1 amide bonds. The van der Waals surface area contributed by atoms with Crippen molar-refractivity contribution in [1.82, 2.24) is 4.98 Å². The minimum absolute atomic E-state index is 0. The molecule has 7 heteroatoms. The highest BCUT2D eigenvalue weighted by atomic mass is 35.5. The molecule has 0 spiro atoms. The van der Waals surface area contributed by atoms with Gasteiger partial charge in [0, 0.05) is 17.8 Å². The van der Waals surface area contributed by atoms with Crippen LogP contribution in [0.25, 0.3) is 11.3 Å². The van der Waals surface area contributed by atoms with Gasteiger partial charge in [-0.3, -0.25) is 4.79 Å². The number of halogens is 1. The molecule has 0 saturated carbocycles. The first-order valence-electron chi connectivity index (χ1n) is 6.91. The van der Waals surface area contributed by atoms with Gasteiger partial charge in [0.15, 0.2) is 12.2 Å². The number of rotatable bonds is 4. The summed E-state index contributed by atoms with van der Waals surface area (Å²) < 4.78 is 10.8. The summed E-state index contributed by atoms with van der Waals surface area (Å²) in [5.74, 6) is 0.520. The van der Waals surface area contributed by atoms with Crippen LogP contribution in [0.3, 0.4) is 0 Å². The van der Waals surface area contributed by atoms with E-state index in [4.69, 9.17) is 14.9 Å². The number of hydrogen-bond donors (Lipinski definition) is 2. The van der Waals surface area contributed by atoms with E-state index in [1.165, 1.54) is 6.39 Å². The van der Waals surface area contributed by atoms with Gasteiger partial charge in [-0.1, -0.05) is 12.1 Å². The molecule has 1 saturated heterocycles. The second-order valence-corrected chi connectivity index (χ2v) is 5.00. The number of carbonyl (C=O) groups excluding carboxylic acids is 1. The van der Waals surface area contributed by atoms with Gasteiger partial charge in [0.05, 0.1) is 12.3 Å². The van der Waals surface area contributed by atoms with Gasteiger partial charge in [0.2, 0.25) is 0 Å². The monoisotopic (exact) mass is 323 g/mol. The molecule has 0 radical (unpaired) electrons. The molecule has 3 rings (SSSR count). The minimum atomic E-state index is -0.424. The molecule has 1 aliphatic heterocycles. The Bertz CT molecular complexity index is 618. The average Bonchev–Trinajstić information content (AvgIpc) is 3.19. The summed E-state index contributed by atoms with van der Waals surface area (Å²) in [6.07, 6.45) is 4.10. The highest BCUT2D eigenvalue weighted by Crippen LogP contribution is 2.24. The summed E-state index contributed by atoms with van der Waals surface area (Å²) in [7, 11) is 0. The van der Waals surface area contributed by atoms with Gasteiger partial charge in [-0.15, -0.1) is 12.4 Å². The zero-order valence-electron chi connectivity index (χ0n) is 11.9. The molecule has 0 aliphatic carbocycles. The number of nitrogens with one attached hydrogen (secondary N) is 1. The number of anilines is 1. The van der Waals surface area contributed by atoms with Crippen molar-refractivity contribution in [1.29, 1.82) is 0 Å². The van der Waals surface area contributed by atoms with Gasteiger partial charge >= 0.3 is 0 Å². The van der Waals surface area contributed by atoms with Crippen LogP contribution in [-0.2, 0) is 9.53 Å². The summed E-state index contributed by atoms with van der Waals surface area (Å²) in [5.41, 5.74) is 7.11. The van der Waals surface area contributed by atoms with Crippen LogP contribution < -0.4 is 11.1 Å². The summed E-state index contributed by atoms with van der Waals surface area (Å²) in [6, 6.07) is 7.42. The van der Waals surface area contributed by atoms with E-state index in [0.29, 0.717) is 24.4 Å². The zero-order valence-corrected chi connectivity index (χ0v) is 12.7. The number of carbonyl (C=O) groups is 1. The lowest BCUT2D eigenvalue weighted by Gasteiger charge is -2.13. The summed E-state index contributed by atoms with van der Waals surface area (Å²) >= 11 is 0. The van der Waals surface area contributed by atoms with Crippen molar-refractivity contribution in [3.05, 3.63) is 36.9 Å². The lowest BCUT2D eigenvalue weighted by molar-refractivity contribution is -0.126. The summed E-state index contributed by atoms with van der Waals surface area (Å²) in [6.45, 7) is 0.449. The van der Waals surface area contributed by atoms with E-state index in [1.807, 2.05) is 24.3 Å². The topological polar surface area (TPSA) is 90.4 Å². The molecule has 2 heterocycles. The van der Waals surface area contributed by atoms with E-state index < -0.39 is 6.10 Å². The van der Waals surface area contributed by atoms with E-state index in [1.54, 1.807) is 6.20 Å². The molecule has 22 heavy (non-hydrogen) atoms. The van der Waals surface area contributed by atoms with Crippen LogP contribution in [-0.4, -0.2) is 29.6 Å². The standard InChI is InChI=1S/C15H17N3O3.ClH/c16-7-12-4-5-13(21-12)15(19)18-11-3-1-2-10(6-11)14-8-17-9-20-14;/h1-3,6,8-9,12-13H,4-5,7,16H2,(H,18,19);1H/t12-,13+;/m1./s1. The molecule has 3 N–H and O–H groups in total. The average molecular weight is 324 g/mol. The van der Waals surface area contributed by atoms with Crippen LogP contribution in [0.15, 0.2) is 41.3 Å². The van der Waals surface area contributed by atoms with Gasteiger partial charge in [-0.2, -0.15) is 0 Å². The second kappa shape index (κ2) is 7.40. The molecule has 0 unspecified atom stereocenters. The normalized spacial score (nSPS) is 20.4. The zero-order chi connectivity index (χ0) is 14.7. The minimum Gasteiger partial charge on any atom is -0.444 e. The molecule has 1 aromatic carbocycles. The van der Waals surface area contributed by atoms with Crippen molar-refractivity contribution < 1.29 is 13.9 Å². The molecule has 1 aliphatic rings. The first-order chi connectivity index (χ1) is 10.3. The number of nitrogens with two attached hydrogens (primary N) is 1. The maximum Gasteiger partial charge on any atom is 0.253 e. The molecular formula is C15H18ClN3O3. The molecule has 2 atom stereocenters. The Labute approximate surface area is 134 Å². The van der Waals surface area contributed by atoms with Gasteiger partial charge in [0.1, 0.15) is 6.10 Å². The maximum atomic E-state index is 12.2. The largest absolute Gasteiger partial charge is 0.444 e. The van der Waals surface area contributed by atoms with Crippen LogP contribution in [0.1, 0.15) is 12.8 Å². The molecule has 0 bridgehead atoms. The lowest BCUT2D eigenvalue weighted by Crippen LogP contribution is -2.29. The number of benzene rings is 1. The number of amides is 1. The van der Waals surface area contributed by atoms with Crippen molar-refractivity contribution >= 4 is 24.0 Å². The first kappa shape index (κ1) is 16.5. The van der Waals surface area contributed by atoms with E-state index in [0.717, 1.165) is 12.0 Å². The van der Waals surface area contributed by atoms with Crippen molar-refractivity contribution in [3.63, 3.8) is 0 Å². The predicted octanol–water partition coefficient (Wildman–Crippen LogP) is 2.21. The van der Waals surface area contributed by atoms with Crippen LogP contribution in [0.5, 0.6) is 0 Å². The third-order valence-corrected chi connectivity index (χ3v) is 3.51. The van der Waals surface area contributed by atoms with Crippen LogP contribution in [0.2, 0.25) is 0 Å². The Kier molecular flexibility index (Phi) is 5.54. The van der Waals surface area contributed by atoms with E-state index in [9.17, 15) is 4.79 Å². The van der Waals surface area contributed by atoms with Gasteiger partial charge in [0.25, 0.3) is 5.91 Å². The Morgan fingerprint density at radius 2 is 2.27 bits per heavy atom. The Balaban J connectivity index is 0.00000176. The lowest BCUT2D eigenvalue weighted by atomic mass is 10.1. The Morgan fingerprint density at radius 3 is 2.95 bits per heavy atom. The number of hydrogen-bond acceptors (Lipinski definition) is 5. The fourth-order valence-corrected chi connectivity index (χ4v) is 2.40. The number of ether oxygens (including phenoxy) is 1. The molecule has 6 nitrogen and oxygen atoms in total. The van der Waals surface area contributed by atoms with Gasteiger partial charge < -0.3 is 20.2 Å². The molecular weight excluding hydrogens is 306 g/mol. The fraction of sp³-hybridized carbons (Fsp3) is 0.333. The van der Waals surface area contributed by atoms with Crippen molar-refractivity contribution in [3.8, 4) is 11.3 Å². The van der Waals surface area contributed by atoms with Crippen LogP contribution in [0.4, 0.5) is 5.69 Å². The second-order valence-electron chi connectivity index (χ2n) is 5.00. The third kappa shape index (κ3) is 3.65. The SMILES string of the molecule is Cl.NC[C@H]1CC[C@@H](C(=O)Nc2cccc(-c3cnco3)c2)O1. The number of aromatic nitrogens is 1. The number of oxazole rings is 1. The summed E-state index contributed by atoms with van der Waals surface area (Å²) in [4.78, 5) is 16.0. The smallest absolute Gasteiger partial charge is 0.253 e. The number of nitrogens with zero attached hydrogens (tertiary/aromatic N) is 1. The van der Waals surface area contributed by atoms with Gasteiger partial charge in [-0.25, -0.2) is 4.98 Å². The van der Waals surface area contributed by atoms with E-state index in [2.05, 4.69) is 10.3 Å². The fourth-order valence-electron chi connectivity index (χ4n) is 2.40. The van der Waals surface area contributed by atoms with Gasteiger partial charge in [-0.05, 0) is 25.0 Å². The third-order valence-electron chi connectivity index (χ3n) is 3.51. The van der Waals surface area contributed by atoms with Crippen molar-refractivity contribution in [2.24, 2.45) is 5.73 Å². The van der Waals surface area contributed by atoms with E-state index >= 15 is 0 Å². The summed E-state index contributed by atoms with van der Waals surface area (Å²) in [5, 5.41) is 2.86. The molecule has 118 valence electrons. The Hall–Kier alpha value is -1.89. The van der Waals surface area contributed by atoms with Crippen molar-refractivity contribution in [2.45, 2.75) is 25.0 Å².